The molecule has 3 aromatic rings. The monoisotopic (exact) mass is 415 g/mol. The minimum absolute atomic E-state index is 0.0177. The van der Waals surface area contributed by atoms with E-state index in [4.69, 9.17) is 19.8 Å². The highest BCUT2D eigenvalue weighted by Crippen LogP contribution is 2.44. The van der Waals surface area contributed by atoms with Gasteiger partial charge in [-0.2, -0.15) is 0 Å². The van der Waals surface area contributed by atoms with Gasteiger partial charge >= 0.3 is 0 Å². The van der Waals surface area contributed by atoms with E-state index in [2.05, 4.69) is 4.84 Å². The van der Waals surface area contributed by atoms with Gasteiger partial charge in [0.15, 0.2) is 11.0 Å². The molecule has 2 aromatic carbocycles. The first-order valence-corrected chi connectivity index (χ1v) is 9.35. The van der Waals surface area contributed by atoms with E-state index in [1.807, 2.05) is 0 Å². The molecule has 0 bridgehead atoms. The first-order valence-electron chi connectivity index (χ1n) is 9.35. The average Bonchev–Trinajstić information content (AvgIpc) is 3.11. The van der Waals surface area contributed by atoms with E-state index >= 15 is 0 Å². The van der Waals surface area contributed by atoms with Crippen molar-refractivity contribution in [3.63, 3.8) is 0 Å². The molecule has 1 aliphatic heterocycles. The molecule has 1 aliphatic rings. The Bertz CT molecular complexity index is 1100. The fourth-order valence-electron chi connectivity index (χ4n) is 3.53. The van der Waals surface area contributed by atoms with Crippen molar-refractivity contribution in [2.45, 2.75) is 18.6 Å². The van der Waals surface area contributed by atoms with Crippen LogP contribution in [-0.2, 0) is 9.57 Å². The standard InChI is InChI=1S/C21H21NO8/c22-28-9-13(5-6-23)29-18-10-27-17-8-15(26)19-14(25)7-16(30-21(19)20(17)18)11-1-3-12(24)4-2-11/h1-4,7-8,13,18,23-24,26H,5-6,9-10,22H2/t13-,18?/m0/s1. The van der Waals surface area contributed by atoms with Gasteiger partial charge in [-0.1, -0.05) is 0 Å². The van der Waals surface area contributed by atoms with Gasteiger partial charge in [0.05, 0.1) is 18.3 Å². The molecular weight excluding hydrogens is 394 g/mol. The van der Waals surface area contributed by atoms with E-state index < -0.39 is 17.6 Å². The Balaban J connectivity index is 1.84. The van der Waals surface area contributed by atoms with Crippen LogP contribution in [-0.4, -0.2) is 41.2 Å². The second kappa shape index (κ2) is 8.33. The molecule has 2 heterocycles. The van der Waals surface area contributed by atoms with E-state index in [9.17, 15) is 20.1 Å². The lowest BCUT2D eigenvalue weighted by molar-refractivity contribution is -0.0718. The molecular formula is C21H21NO8. The number of rotatable bonds is 7. The first kappa shape index (κ1) is 20.2. The van der Waals surface area contributed by atoms with Gasteiger partial charge in [0.25, 0.3) is 0 Å². The van der Waals surface area contributed by atoms with Crippen LogP contribution in [0.1, 0.15) is 18.1 Å². The average molecular weight is 415 g/mol. The highest BCUT2D eigenvalue weighted by atomic mass is 16.6. The molecule has 1 unspecified atom stereocenters. The number of benzene rings is 2. The summed E-state index contributed by atoms with van der Waals surface area (Å²) in [4.78, 5) is 17.4. The quantitative estimate of drug-likeness (QED) is 0.426. The summed E-state index contributed by atoms with van der Waals surface area (Å²) >= 11 is 0. The highest BCUT2D eigenvalue weighted by Gasteiger charge is 2.33. The Morgan fingerprint density at radius 1 is 1.20 bits per heavy atom. The van der Waals surface area contributed by atoms with Gasteiger partial charge in [-0.15, -0.1) is 0 Å². The van der Waals surface area contributed by atoms with Crippen LogP contribution in [0, 0.1) is 0 Å². The lowest BCUT2D eigenvalue weighted by Crippen LogP contribution is -2.26. The van der Waals surface area contributed by atoms with Crippen LogP contribution in [0.25, 0.3) is 22.3 Å². The molecule has 158 valence electrons. The summed E-state index contributed by atoms with van der Waals surface area (Å²) in [5.74, 6) is 5.58. The summed E-state index contributed by atoms with van der Waals surface area (Å²) in [7, 11) is 0. The van der Waals surface area contributed by atoms with E-state index in [0.717, 1.165) is 0 Å². The molecule has 9 nitrogen and oxygen atoms in total. The number of phenolic OH excluding ortho intramolecular Hbond substituents is 2. The molecule has 0 saturated heterocycles. The van der Waals surface area contributed by atoms with Crippen molar-refractivity contribution in [2.75, 3.05) is 19.8 Å². The number of fused-ring (bicyclic) bond motifs is 3. The molecule has 1 aromatic heterocycles. The summed E-state index contributed by atoms with van der Waals surface area (Å²) in [6.07, 6.45) is -0.828. The summed E-state index contributed by atoms with van der Waals surface area (Å²) in [5, 5.41) is 29.1. The van der Waals surface area contributed by atoms with Crippen LogP contribution in [0.5, 0.6) is 17.2 Å². The Labute approximate surface area is 170 Å². The number of ether oxygens (including phenoxy) is 2. The van der Waals surface area contributed by atoms with Gasteiger partial charge in [-0.05, 0) is 30.7 Å². The van der Waals surface area contributed by atoms with Gasteiger partial charge in [0.2, 0.25) is 0 Å². The Morgan fingerprint density at radius 2 is 1.97 bits per heavy atom. The molecule has 9 heteroatoms. The highest BCUT2D eigenvalue weighted by molar-refractivity contribution is 5.90. The lowest BCUT2D eigenvalue weighted by Gasteiger charge is -2.20. The van der Waals surface area contributed by atoms with E-state index in [0.29, 0.717) is 23.3 Å². The van der Waals surface area contributed by atoms with Crippen molar-refractivity contribution in [3.05, 3.63) is 52.2 Å². The van der Waals surface area contributed by atoms with Crippen molar-refractivity contribution >= 4 is 11.0 Å². The molecule has 30 heavy (non-hydrogen) atoms. The molecule has 2 atom stereocenters. The topological polar surface area (TPSA) is 145 Å². The second-order valence-corrected chi connectivity index (χ2v) is 6.94. The van der Waals surface area contributed by atoms with Crippen molar-refractivity contribution < 1.29 is 34.0 Å². The Hall–Kier alpha value is -3.11. The van der Waals surface area contributed by atoms with Crippen LogP contribution in [0.4, 0.5) is 0 Å². The van der Waals surface area contributed by atoms with Gasteiger partial charge in [-0.3, -0.25) is 4.79 Å². The number of hydrogen-bond donors (Lipinski definition) is 4. The zero-order valence-corrected chi connectivity index (χ0v) is 15.9. The van der Waals surface area contributed by atoms with E-state index in [1.165, 1.54) is 24.3 Å². The second-order valence-electron chi connectivity index (χ2n) is 6.94. The first-order chi connectivity index (χ1) is 14.5. The number of phenols is 2. The summed E-state index contributed by atoms with van der Waals surface area (Å²) in [6.45, 7) is 0.0729. The van der Waals surface area contributed by atoms with Crippen molar-refractivity contribution in [1.29, 1.82) is 0 Å². The van der Waals surface area contributed by atoms with E-state index in [1.54, 1.807) is 12.1 Å². The third-order valence-corrected chi connectivity index (χ3v) is 4.94. The molecule has 0 radical (unpaired) electrons. The normalized spacial score (nSPS) is 16.4. The predicted molar refractivity (Wildman–Crippen MR) is 106 cm³/mol. The number of nitrogens with two attached hydrogens (primary N) is 1. The Morgan fingerprint density at radius 3 is 2.67 bits per heavy atom. The maximum absolute atomic E-state index is 12.8. The SMILES string of the molecule is NOC[C@H](CCO)OC1COc2cc(O)c3c(=O)cc(-c4ccc(O)cc4)oc3c21. The van der Waals surface area contributed by atoms with Crippen molar-refractivity contribution in [1.82, 2.24) is 0 Å². The van der Waals surface area contributed by atoms with Crippen LogP contribution in [0.15, 0.2) is 45.6 Å². The van der Waals surface area contributed by atoms with Gasteiger partial charge in [0.1, 0.15) is 41.1 Å². The maximum atomic E-state index is 12.8. The van der Waals surface area contributed by atoms with Crippen LogP contribution in [0.2, 0.25) is 0 Å². The lowest BCUT2D eigenvalue weighted by atomic mass is 10.0. The summed E-state index contributed by atoms with van der Waals surface area (Å²) < 4.78 is 17.7. The summed E-state index contributed by atoms with van der Waals surface area (Å²) in [6, 6.07) is 8.83. The predicted octanol–water partition coefficient (Wildman–Crippen LogP) is 1.96. The zero-order valence-electron chi connectivity index (χ0n) is 15.9. The van der Waals surface area contributed by atoms with Gasteiger partial charge in [0, 0.05) is 24.3 Å². The number of aliphatic hydroxyl groups excluding tert-OH is 1. The minimum Gasteiger partial charge on any atom is -0.508 e. The maximum Gasteiger partial charge on any atom is 0.197 e. The smallest absolute Gasteiger partial charge is 0.197 e. The van der Waals surface area contributed by atoms with Crippen molar-refractivity contribution in [3.8, 4) is 28.6 Å². The van der Waals surface area contributed by atoms with Crippen LogP contribution in [0.3, 0.4) is 0 Å². The number of hydrogen-bond acceptors (Lipinski definition) is 9. The number of aliphatic hydroxyl groups is 1. The van der Waals surface area contributed by atoms with Gasteiger partial charge in [-0.25, -0.2) is 5.90 Å². The third-order valence-electron chi connectivity index (χ3n) is 4.94. The molecule has 4 rings (SSSR count). The molecule has 0 spiro atoms. The molecule has 0 aliphatic carbocycles. The van der Waals surface area contributed by atoms with Crippen molar-refractivity contribution in [2.24, 2.45) is 5.90 Å². The summed E-state index contributed by atoms with van der Waals surface area (Å²) in [5.41, 5.74) is 0.789. The third kappa shape index (κ3) is 3.71. The fourth-order valence-corrected chi connectivity index (χ4v) is 3.53. The molecule has 5 N–H and O–H groups in total. The van der Waals surface area contributed by atoms with E-state index in [-0.39, 0.29) is 48.0 Å². The molecule has 0 fully saturated rings. The molecule has 0 amide bonds. The van der Waals surface area contributed by atoms with Gasteiger partial charge < -0.3 is 34.0 Å². The van der Waals surface area contributed by atoms with Crippen LogP contribution < -0.4 is 16.1 Å². The van der Waals surface area contributed by atoms with Crippen LogP contribution >= 0.6 is 0 Å². The largest absolute Gasteiger partial charge is 0.508 e. The number of aromatic hydroxyl groups is 2. The fraction of sp³-hybridized carbons (Fsp3) is 0.286. The Kier molecular flexibility index (Phi) is 5.60. The minimum atomic E-state index is -0.618. The zero-order chi connectivity index (χ0) is 21.3. The molecule has 0 saturated carbocycles.